The fourth-order valence-electron chi connectivity index (χ4n) is 2.40. The van der Waals surface area contributed by atoms with Gasteiger partial charge < -0.3 is 10.1 Å². The number of esters is 1. The molecule has 0 unspecified atom stereocenters. The highest BCUT2D eigenvalue weighted by molar-refractivity contribution is 6.30. The molecule has 0 saturated heterocycles. The summed E-state index contributed by atoms with van der Waals surface area (Å²) in [5, 5.41) is 3.37. The number of aryl methyl sites for hydroxylation is 1. The lowest BCUT2D eigenvalue weighted by Crippen LogP contribution is -2.11. The molecule has 3 aromatic carbocycles. The number of benzene rings is 3. The second kappa shape index (κ2) is 9.02. The molecule has 5 heteroatoms. The summed E-state index contributed by atoms with van der Waals surface area (Å²) in [6.07, 6.45) is 3.06. The summed E-state index contributed by atoms with van der Waals surface area (Å²) >= 11 is 5.83. The summed E-state index contributed by atoms with van der Waals surface area (Å²) < 4.78 is 5.25. The molecule has 0 aromatic heterocycles. The Morgan fingerprint density at radius 3 is 2.18 bits per heavy atom. The van der Waals surface area contributed by atoms with E-state index in [1.807, 2.05) is 31.2 Å². The van der Waals surface area contributed by atoms with Crippen LogP contribution in [0.1, 0.15) is 21.5 Å². The summed E-state index contributed by atoms with van der Waals surface area (Å²) in [7, 11) is 0. The number of nitrogens with one attached hydrogen (secondary N) is 1. The molecule has 0 saturated carbocycles. The number of hydrogen-bond acceptors (Lipinski definition) is 3. The van der Waals surface area contributed by atoms with Gasteiger partial charge in [0.25, 0.3) is 5.91 Å². The molecule has 0 fully saturated rings. The minimum absolute atomic E-state index is 0.264. The highest BCUT2D eigenvalue weighted by Gasteiger charge is 2.07. The van der Waals surface area contributed by atoms with E-state index in [4.69, 9.17) is 16.3 Å². The normalized spacial score (nSPS) is 10.6. The molecule has 0 aliphatic heterocycles. The van der Waals surface area contributed by atoms with E-state index in [-0.39, 0.29) is 5.91 Å². The van der Waals surface area contributed by atoms with Crippen LogP contribution in [0.15, 0.2) is 78.9 Å². The number of anilines is 1. The maximum absolute atomic E-state index is 12.3. The van der Waals surface area contributed by atoms with Gasteiger partial charge >= 0.3 is 5.97 Å². The van der Waals surface area contributed by atoms with Gasteiger partial charge in [-0.15, -0.1) is 0 Å². The molecule has 0 aliphatic carbocycles. The van der Waals surface area contributed by atoms with Gasteiger partial charge in [-0.05, 0) is 67.1 Å². The third-order valence-electron chi connectivity index (χ3n) is 3.93. The fraction of sp³-hybridized carbons (Fsp3) is 0.0435. The topological polar surface area (TPSA) is 55.4 Å². The van der Waals surface area contributed by atoms with Gasteiger partial charge in [0.1, 0.15) is 5.75 Å². The summed E-state index contributed by atoms with van der Waals surface area (Å²) in [5.74, 6) is -0.389. The van der Waals surface area contributed by atoms with Crippen molar-refractivity contribution in [2.24, 2.45) is 0 Å². The van der Waals surface area contributed by atoms with Crippen LogP contribution >= 0.6 is 11.6 Å². The van der Waals surface area contributed by atoms with Crippen LogP contribution in [0.5, 0.6) is 5.75 Å². The van der Waals surface area contributed by atoms with Crippen LogP contribution in [0.3, 0.4) is 0 Å². The van der Waals surface area contributed by atoms with Crippen molar-refractivity contribution >= 4 is 35.2 Å². The molecule has 0 heterocycles. The van der Waals surface area contributed by atoms with Gasteiger partial charge in [0.05, 0.1) is 0 Å². The van der Waals surface area contributed by atoms with E-state index in [0.29, 0.717) is 22.0 Å². The summed E-state index contributed by atoms with van der Waals surface area (Å²) in [6.45, 7) is 2.00. The third kappa shape index (κ3) is 5.56. The van der Waals surface area contributed by atoms with E-state index < -0.39 is 5.97 Å². The molecule has 0 aliphatic rings. The number of carbonyl (C=O) groups excluding carboxylic acids is 2. The van der Waals surface area contributed by atoms with Gasteiger partial charge in [-0.1, -0.05) is 41.4 Å². The second-order valence-electron chi connectivity index (χ2n) is 6.15. The van der Waals surface area contributed by atoms with Crippen molar-refractivity contribution < 1.29 is 14.3 Å². The molecule has 4 nitrogen and oxygen atoms in total. The standard InChI is InChI=1S/C23H18ClNO3/c1-16-2-4-17(5-3-16)6-15-22(26)28-21-13-7-18(8-14-21)23(27)25-20-11-9-19(24)10-12-20/h2-15H,1H3,(H,25,27)/b15-6+. The smallest absolute Gasteiger partial charge is 0.336 e. The molecular formula is C23H18ClNO3. The summed E-state index contributed by atoms with van der Waals surface area (Å²) in [6, 6.07) is 21.0. The van der Waals surface area contributed by atoms with Gasteiger partial charge in [-0.3, -0.25) is 4.79 Å². The largest absolute Gasteiger partial charge is 0.423 e. The number of rotatable bonds is 5. The molecule has 0 radical (unpaired) electrons. The predicted octanol–water partition coefficient (Wildman–Crippen LogP) is 5.52. The van der Waals surface area contributed by atoms with Crippen molar-refractivity contribution in [2.75, 3.05) is 5.32 Å². The van der Waals surface area contributed by atoms with Crippen molar-refractivity contribution in [2.45, 2.75) is 6.92 Å². The van der Waals surface area contributed by atoms with Gasteiger partial charge in [0, 0.05) is 22.3 Å². The summed E-state index contributed by atoms with van der Waals surface area (Å²) in [5.41, 5.74) is 3.16. The minimum Gasteiger partial charge on any atom is -0.423 e. The first-order valence-corrected chi connectivity index (χ1v) is 9.01. The SMILES string of the molecule is Cc1ccc(/C=C/C(=O)Oc2ccc(C(=O)Nc3ccc(Cl)cc3)cc2)cc1. The zero-order valence-electron chi connectivity index (χ0n) is 15.2. The lowest BCUT2D eigenvalue weighted by molar-refractivity contribution is -0.128. The van der Waals surface area contributed by atoms with Gasteiger partial charge in [-0.25, -0.2) is 4.79 Å². The maximum Gasteiger partial charge on any atom is 0.336 e. The van der Waals surface area contributed by atoms with Crippen LogP contribution in [0.2, 0.25) is 5.02 Å². The van der Waals surface area contributed by atoms with Crippen molar-refractivity contribution in [3.8, 4) is 5.75 Å². The highest BCUT2D eigenvalue weighted by Crippen LogP contribution is 2.17. The predicted molar refractivity (Wildman–Crippen MR) is 112 cm³/mol. The quantitative estimate of drug-likeness (QED) is 0.354. The number of hydrogen-bond donors (Lipinski definition) is 1. The van der Waals surface area contributed by atoms with Crippen LogP contribution in [0, 0.1) is 6.92 Å². The van der Waals surface area contributed by atoms with E-state index in [1.54, 1.807) is 54.6 Å². The van der Waals surface area contributed by atoms with E-state index >= 15 is 0 Å². The zero-order valence-corrected chi connectivity index (χ0v) is 15.9. The summed E-state index contributed by atoms with van der Waals surface area (Å²) in [4.78, 5) is 24.2. The van der Waals surface area contributed by atoms with Crippen LogP contribution in [-0.4, -0.2) is 11.9 Å². The molecular weight excluding hydrogens is 374 g/mol. The second-order valence-corrected chi connectivity index (χ2v) is 6.59. The van der Waals surface area contributed by atoms with Crippen LogP contribution in [0.4, 0.5) is 5.69 Å². The van der Waals surface area contributed by atoms with Crippen molar-refractivity contribution in [3.05, 3.63) is 101 Å². The number of amides is 1. The Balaban J connectivity index is 1.57. The molecule has 0 spiro atoms. The van der Waals surface area contributed by atoms with Crippen LogP contribution < -0.4 is 10.1 Å². The Hall–Kier alpha value is -3.37. The molecule has 140 valence electrons. The average molecular weight is 392 g/mol. The molecule has 1 N–H and O–H groups in total. The van der Waals surface area contributed by atoms with E-state index in [1.165, 1.54) is 6.08 Å². The maximum atomic E-state index is 12.3. The van der Waals surface area contributed by atoms with Crippen molar-refractivity contribution in [1.82, 2.24) is 0 Å². The third-order valence-corrected chi connectivity index (χ3v) is 4.18. The highest BCUT2D eigenvalue weighted by atomic mass is 35.5. The molecule has 1 amide bonds. The Bertz CT molecular complexity index is 992. The molecule has 3 aromatic rings. The minimum atomic E-state index is -0.487. The molecule has 0 atom stereocenters. The van der Waals surface area contributed by atoms with Crippen LogP contribution in [0.25, 0.3) is 6.08 Å². The number of carbonyl (C=O) groups is 2. The zero-order chi connectivity index (χ0) is 19.9. The van der Waals surface area contributed by atoms with E-state index in [9.17, 15) is 9.59 Å². The first-order chi connectivity index (χ1) is 13.5. The van der Waals surface area contributed by atoms with Crippen LogP contribution in [-0.2, 0) is 4.79 Å². The van der Waals surface area contributed by atoms with Gasteiger partial charge in [0.15, 0.2) is 0 Å². The first-order valence-electron chi connectivity index (χ1n) is 8.63. The van der Waals surface area contributed by atoms with Gasteiger partial charge in [-0.2, -0.15) is 0 Å². The Morgan fingerprint density at radius 1 is 0.893 bits per heavy atom. The van der Waals surface area contributed by atoms with E-state index in [2.05, 4.69) is 5.32 Å². The van der Waals surface area contributed by atoms with Gasteiger partial charge in [0.2, 0.25) is 0 Å². The molecule has 0 bridgehead atoms. The average Bonchev–Trinajstić information content (AvgIpc) is 2.70. The Kier molecular flexibility index (Phi) is 6.25. The molecule has 3 rings (SSSR count). The number of halogens is 1. The fourth-order valence-corrected chi connectivity index (χ4v) is 2.53. The first kappa shape index (κ1) is 19.4. The Labute approximate surface area is 168 Å². The molecule has 28 heavy (non-hydrogen) atoms. The van der Waals surface area contributed by atoms with Crippen molar-refractivity contribution in [3.63, 3.8) is 0 Å². The van der Waals surface area contributed by atoms with E-state index in [0.717, 1.165) is 11.1 Å². The lowest BCUT2D eigenvalue weighted by atomic mass is 10.1. The number of ether oxygens (including phenoxy) is 1. The lowest BCUT2D eigenvalue weighted by Gasteiger charge is -2.06. The Morgan fingerprint density at radius 2 is 1.54 bits per heavy atom. The van der Waals surface area contributed by atoms with Crippen molar-refractivity contribution in [1.29, 1.82) is 0 Å². The monoisotopic (exact) mass is 391 g/mol.